The molecule has 0 unspecified atom stereocenters. The summed E-state index contributed by atoms with van der Waals surface area (Å²) in [6, 6.07) is 3.71. The van der Waals surface area contributed by atoms with E-state index in [9.17, 15) is 8.78 Å². The second kappa shape index (κ2) is 5.82. The highest BCUT2D eigenvalue weighted by Gasteiger charge is 2.48. The van der Waals surface area contributed by atoms with Crippen molar-refractivity contribution in [2.24, 2.45) is 5.92 Å². The largest absolute Gasteiger partial charge is 0.431 e. The van der Waals surface area contributed by atoms with Gasteiger partial charge in [0.1, 0.15) is 0 Å². The van der Waals surface area contributed by atoms with Crippen LogP contribution in [-0.2, 0) is 0 Å². The van der Waals surface area contributed by atoms with Crippen molar-refractivity contribution in [3.8, 4) is 17.0 Å². The molecule has 4 rings (SSSR count). The summed E-state index contributed by atoms with van der Waals surface area (Å²) in [6.45, 7) is 1.22. The van der Waals surface area contributed by atoms with Crippen molar-refractivity contribution in [1.29, 1.82) is 0 Å². The molecular weight excluding hydrogens is 326 g/mol. The molecule has 0 amide bonds. The third kappa shape index (κ3) is 2.77. The van der Waals surface area contributed by atoms with Gasteiger partial charge >= 0.3 is 6.61 Å². The van der Waals surface area contributed by atoms with Crippen molar-refractivity contribution in [1.82, 2.24) is 14.8 Å². The predicted molar refractivity (Wildman–Crippen MR) is 90.4 cm³/mol. The Balaban J connectivity index is 1.71. The number of nitrogens with two attached hydrogens (primary N) is 1. The van der Waals surface area contributed by atoms with Crippen LogP contribution in [0.3, 0.4) is 0 Å². The lowest BCUT2D eigenvalue weighted by Crippen LogP contribution is -2.07. The van der Waals surface area contributed by atoms with Crippen LogP contribution in [0, 0.1) is 5.92 Å². The molecule has 0 bridgehead atoms. The summed E-state index contributed by atoms with van der Waals surface area (Å²) in [6.07, 6.45) is 6.23. The Labute approximate surface area is 144 Å². The van der Waals surface area contributed by atoms with Crippen LogP contribution in [0.4, 0.5) is 14.6 Å². The highest BCUT2D eigenvalue weighted by Crippen LogP contribution is 2.60. The van der Waals surface area contributed by atoms with Crippen LogP contribution >= 0.6 is 0 Å². The van der Waals surface area contributed by atoms with Gasteiger partial charge in [0.15, 0.2) is 11.6 Å². The molecule has 2 aromatic heterocycles. The quantitative estimate of drug-likeness (QED) is 0.826. The summed E-state index contributed by atoms with van der Waals surface area (Å²) >= 11 is 0. The topological polar surface area (TPSA) is 66.0 Å². The lowest BCUT2D eigenvalue weighted by molar-refractivity contribution is -0.0494. The van der Waals surface area contributed by atoms with Crippen LogP contribution in [0.1, 0.15) is 44.3 Å². The number of aromatic nitrogens is 3. The molecule has 2 heterocycles. The summed E-state index contributed by atoms with van der Waals surface area (Å²) < 4.78 is 31.5. The van der Waals surface area contributed by atoms with E-state index < -0.39 is 6.61 Å². The van der Waals surface area contributed by atoms with Gasteiger partial charge in [-0.2, -0.15) is 13.9 Å². The van der Waals surface area contributed by atoms with Crippen molar-refractivity contribution in [2.45, 2.75) is 45.3 Å². The highest BCUT2D eigenvalue weighted by molar-refractivity contribution is 5.65. The fourth-order valence-electron chi connectivity index (χ4n) is 3.74. The predicted octanol–water partition coefficient (Wildman–Crippen LogP) is 4.14. The molecule has 2 aromatic rings. The number of anilines is 1. The summed E-state index contributed by atoms with van der Waals surface area (Å²) in [7, 11) is 0. The monoisotopic (exact) mass is 346 g/mol. The molecule has 1 fully saturated rings. The Bertz CT molecular complexity index is 844. The van der Waals surface area contributed by atoms with Gasteiger partial charge < -0.3 is 10.5 Å². The van der Waals surface area contributed by atoms with E-state index in [1.165, 1.54) is 30.0 Å². The zero-order chi connectivity index (χ0) is 17.7. The molecule has 1 saturated carbocycles. The molecule has 0 aliphatic heterocycles. The van der Waals surface area contributed by atoms with E-state index in [0.717, 1.165) is 6.42 Å². The van der Waals surface area contributed by atoms with E-state index in [2.05, 4.69) is 34.7 Å². The van der Waals surface area contributed by atoms with Crippen molar-refractivity contribution < 1.29 is 13.5 Å². The van der Waals surface area contributed by atoms with Gasteiger partial charge in [0, 0.05) is 29.4 Å². The maximum absolute atomic E-state index is 12.5. The Morgan fingerprint density at radius 1 is 1.32 bits per heavy atom. The highest BCUT2D eigenvalue weighted by atomic mass is 19.3. The van der Waals surface area contributed by atoms with Crippen LogP contribution in [0.2, 0.25) is 0 Å². The average Bonchev–Trinajstić information content (AvgIpc) is 2.94. The summed E-state index contributed by atoms with van der Waals surface area (Å²) in [5, 5.41) is 4.68. The standard InChI is InChI=1S/C18H20F2N4O/c1-9(2)24-14(16-11-4-3-5-12(11)16)7-13(23-24)10-6-15(25-18(19)20)17(21)22-8-10/h4,6-9,12,16,18H,3,5H2,1-2H3,(H2,21,22)/t12-,16-/m1/s1. The Kier molecular flexibility index (Phi) is 3.74. The smallest absolute Gasteiger partial charge is 0.387 e. The van der Waals surface area contributed by atoms with E-state index in [1.807, 2.05) is 10.7 Å². The van der Waals surface area contributed by atoms with E-state index >= 15 is 0 Å². The number of halogens is 2. The molecule has 0 saturated heterocycles. The SMILES string of the molecule is CC(C)n1nc(-c2cnc(N)c(OC(F)F)c2)cc1[C@@H]1C2=CCC[C@H]21. The van der Waals surface area contributed by atoms with Crippen LogP contribution in [0.5, 0.6) is 5.75 Å². The third-order valence-corrected chi connectivity index (χ3v) is 4.90. The minimum absolute atomic E-state index is 0.0607. The fourth-order valence-corrected chi connectivity index (χ4v) is 3.74. The van der Waals surface area contributed by atoms with Crippen LogP contribution in [0.25, 0.3) is 11.3 Å². The van der Waals surface area contributed by atoms with Crippen molar-refractivity contribution in [3.05, 3.63) is 35.7 Å². The van der Waals surface area contributed by atoms with Gasteiger partial charge in [-0.25, -0.2) is 4.98 Å². The van der Waals surface area contributed by atoms with Gasteiger partial charge in [0.05, 0.1) is 5.69 Å². The van der Waals surface area contributed by atoms with Gasteiger partial charge in [-0.15, -0.1) is 0 Å². The number of ether oxygens (including phenoxy) is 1. The first-order valence-corrected chi connectivity index (χ1v) is 8.45. The van der Waals surface area contributed by atoms with Gasteiger partial charge in [0.25, 0.3) is 0 Å². The Morgan fingerprint density at radius 2 is 2.12 bits per heavy atom. The maximum atomic E-state index is 12.5. The molecule has 0 radical (unpaired) electrons. The summed E-state index contributed by atoms with van der Waals surface area (Å²) in [5.74, 6) is 0.897. The van der Waals surface area contributed by atoms with Gasteiger partial charge in [0.2, 0.25) is 0 Å². The lowest BCUT2D eigenvalue weighted by Gasteiger charge is -2.11. The Morgan fingerprint density at radius 3 is 2.76 bits per heavy atom. The molecule has 7 heteroatoms. The molecule has 2 aliphatic carbocycles. The van der Waals surface area contributed by atoms with Crippen molar-refractivity contribution in [3.63, 3.8) is 0 Å². The van der Waals surface area contributed by atoms with E-state index in [0.29, 0.717) is 23.1 Å². The van der Waals surface area contributed by atoms with E-state index in [4.69, 9.17) is 5.73 Å². The number of alkyl halides is 2. The summed E-state index contributed by atoms with van der Waals surface area (Å²) in [4.78, 5) is 3.97. The number of fused-ring (bicyclic) bond motifs is 1. The lowest BCUT2D eigenvalue weighted by atomic mass is 10.1. The molecule has 2 N–H and O–H groups in total. The third-order valence-electron chi connectivity index (χ3n) is 4.90. The van der Waals surface area contributed by atoms with Crippen molar-refractivity contribution >= 4 is 5.82 Å². The molecule has 132 valence electrons. The van der Waals surface area contributed by atoms with Crippen LogP contribution in [0.15, 0.2) is 30.0 Å². The number of hydrogen-bond acceptors (Lipinski definition) is 4. The van der Waals surface area contributed by atoms with Crippen molar-refractivity contribution in [2.75, 3.05) is 5.73 Å². The minimum Gasteiger partial charge on any atom is -0.431 e. The minimum atomic E-state index is -2.94. The number of rotatable bonds is 5. The van der Waals surface area contributed by atoms with E-state index in [1.54, 1.807) is 0 Å². The van der Waals surface area contributed by atoms with Gasteiger partial charge in [-0.1, -0.05) is 11.6 Å². The first-order valence-electron chi connectivity index (χ1n) is 8.45. The number of allylic oxidation sites excluding steroid dienone is 2. The first kappa shape index (κ1) is 16.1. The molecule has 25 heavy (non-hydrogen) atoms. The number of pyridine rings is 1. The number of hydrogen-bond donors (Lipinski definition) is 1. The summed E-state index contributed by atoms with van der Waals surface area (Å²) in [5.41, 5.74) is 9.61. The van der Waals surface area contributed by atoms with E-state index in [-0.39, 0.29) is 17.6 Å². The molecule has 0 spiro atoms. The van der Waals surface area contributed by atoms with Crippen LogP contribution < -0.4 is 10.5 Å². The molecule has 5 nitrogen and oxygen atoms in total. The zero-order valence-electron chi connectivity index (χ0n) is 14.1. The molecular formula is C18H20F2N4O. The fraction of sp³-hybridized carbons (Fsp3) is 0.444. The number of nitrogens with zero attached hydrogens (tertiary/aromatic N) is 3. The molecule has 0 aromatic carbocycles. The second-order valence-corrected chi connectivity index (χ2v) is 6.84. The van der Waals surface area contributed by atoms with Crippen LogP contribution in [-0.4, -0.2) is 21.4 Å². The van der Waals surface area contributed by atoms with Gasteiger partial charge in [-0.3, -0.25) is 4.68 Å². The average molecular weight is 346 g/mol. The Hall–Kier alpha value is -2.44. The maximum Gasteiger partial charge on any atom is 0.387 e. The zero-order valence-corrected chi connectivity index (χ0v) is 14.1. The molecule has 2 atom stereocenters. The van der Waals surface area contributed by atoms with Gasteiger partial charge in [-0.05, 0) is 44.7 Å². The second-order valence-electron chi connectivity index (χ2n) is 6.84. The number of nitrogen functional groups attached to an aromatic ring is 1. The normalized spacial score (nSPS) is 21.6. The first-order chi connectivity index (χ1) is 12.0. The molecule has 2 aliphatic rings.